The van der Waals surface area contributed by atoms with E-state index in [1.807, 2.05) is 0 Å². The molecule has 0 saturated carbocycles. The topological polar surface area (TPSA) is 51.2 Å². The minimum absolute atomic E-state index is 0.321. The van der Waals surface area contributed by atoms with Gasteiger partial charge in [0.15, 0.2) is 0 Å². The molecule has 0 aliphatic carbocycles. The van der Waals surface area contributed by atoms with Crippen LogP contribution in [-0.4, -0.2) is 56.4 Å². The quantitative estimate of drug-likeness (QED) is 0.293. The summed E-state index contributed by atoms with van der Waals surface area (Å²) in [6, 6.07) is 0. The second-order valence-corrected chi connectivity index (χ2v) is 8.11. The van der Waals surface area contributed by atoms with E-state index < -0.39 is 8.60 Å². The molecule has 0 aromatic rings. The number of rotatable bonds is 15. The largest absolute Gasteiger partial charge is 0.381 e. The number of nitrogens with zero attached hydrogens (tertiary/aromatic N) is 1. The van der Waals surface area contributed by atoms with Crippen LogP contribution in [0.25, 0.3) is 0 Å². The highest BCUT2D eigenvalue weighted by Crippen LogP contribution is 2.33. The van der Waals surface area contributed by atoms with Crippen LogP contribution >= 0.6 is 8.60 Å². The molecule has 1 rings (SSSR count). The number of ether oxygens (including phenoxy) is 1. The predicted octanol–water partition coefficient (Wildman–Crippen LogP) is 5.52. The number of hydrogen-bond acceptors (Lipinski definition) is 5. The van der Waals surface area contributed by atoms with Gasteiger partial charge in [-0.1, -0.05) is 46.0 Å². The zero-order valence-corrected chi connectivity index (χ0v) is 18.6. The molecule has 0 aromatic carbocycles. The molecule has 1 aliphatic heterocycles. The van der Waals surface area contributed by atoms with E-state index in [9.17, 15) is 4.89 Å². The highest BCUT2D eigenvalue weighted by atomic mass is 31.2. The van der Waals surface area contributed by atoms with Crippen LogP contribution in [0.3, 0.4) is 0 Å². The summed E-state index contributed by atoms with van der Waals surface area (Å²) in [5, 5.41) is 0. The fourth-order valence-electron chi connectivity index (χ4n) is 2.83. The third-order valence-corrected chi connectivity index (χ3v) is 5.42. The highest BCUT2D eigenvalue weighted by molar-refractivity contribution is 7.40. The van der Waals surface area contributed by atoms with Crippen molar-refractivity contribution in [1.29, 1.82) is 0 Å². The van der Waals surface area contributed by atoms with Crippen molar-refractivity contribution >= 4 is 8.60 Å². The molecule has 0 aromatic heterocycles. The van der Waals surface area contributed by atoms with E-state index >= 15 is 0 Å². The highest BCUT2D eigenvalue weighted by Gasteiger charge is 2.09. The van der Waals surface area contributed by atoms with Crippen LogP contribution in [0.1, 0.15) is 84.5 Å². The first-order valence-electron chi connectivity index (χ1n) is 10.6. The number of hydrogen-bond donors (Lipinski definition) is 1. The normalized spacial score (nSPS) is 17.0. The summed E-state index contributed by atoms with van der Waals surface area (Å²) in [7, 11) is 2.27. The molecule has 1 fully saturated rings. The fraction of sp³-hybridized carbons (Fsp3) is 1.00. The smallest absolute Gasteiger partial charge is 0.329 e. The van der Waals surface area contributed by atoms with E-state index in [1.165, 1.54) is 51.6 Å². The van der Waals surface area contributed by atoms with Crippen molar-refractivity contribution in [2.45, 2.75) is 90.6 Å². The Morgan fingerprint density at radius 2 is 1.46 bits per heavy atom. The Balaban J connectivity index is 0.000000867. The average molecular weight is 394 g/mol. The molecule has 0 bridgehead atoms. The summed E-state index contributed by atoms with van der Waals surface area (Å²) < 4.78 is 15.9. The van der Waals surface area contributed by atoms with Gasteiger partial charge in [0, 0.05) is 7.11 Å². The van der Waals surface area contributed by atoms with Crippen LogP contribution < -0.4 is 0 Å². The lowest BCUT2D eigenvalue weighted by atomic mass is 10.1. The lowest BCUT2D eigenvalue weighted by molar-refractivity contribution is 0.0785. The standard InChI is InChI=1S/C15H33O4P.C5H11N/c1-4-6-8-9-11-15(17-3)12-10-14-19-20(16)18-13-7-5-2;1-6-4-2-3-5-6/h15-16H,4-14H2,1-3H3;2-5H2,1H3. The van der Waals surface area contributed by atoms with Gasteiger partial charge < -0.3 is 23.6 Å². The fourth-order valence-corrected chi connectivity index (χ4v) is 3.48. The number of unbranched alkanes of at least 4 members (excludes halogenated alkanes) is 4. The first-order valence-corrected chi connectivity index (χ1v) is 11.7. The monoisotopic (exact) mass is 393 g/mol. The van der Waals surface area contributed by atoms with Crippen LogP contribution in [0.4, 0.5) is 0 Å². The van der Waals surface area contributed by atoms with Gasteiger partial charge in [0.05, 0.1) is 19.3 Å². The van der Waals surface area contributed by atoms with Crippen LogP contribution in [-0.2, 0) is 13.8 Å². The van der Waals surface area contributed by atoms with Crippen LogP contribution in [0.5, 0.6) is 0 Å². The molecule has 1 heterocycles. The maximum Gasteiger partial charge on any atom is 0.329 e. The van der Waals surface area contributed by atoms with Crippen molar-refractivity contribution in [3.05, 3.63) is 0 Å². The van der Waals surface area contributed by atoms with E-state index in [1.54, 1.807) is 7.11 Å². The van der Waals surface area contributed by atoms with Gasteiger partial charge in [-0.2, -0.15) is 0 Å². The Bertz CT molecular complexity index is 279. The van der Waals surface area contributed by atoms with Gasteiger partial charge in [-0.05, 0) is 58.7 Å². The second-order valence-electron chi connectivity index (χ2n) is 7.12. The van der Waals surface area contributed by atoms with Gasteiger partial charge >= 0.3 is 8.60 Å². The molecule has 1 aliphatic rings. The first kappa shape index (κ1) is 26.2. The van der Waals surface area contributed by atoms with E-state index in [-0.39, 0.29) is 0 Å². The third-order valence-electron chi connectivity index (χ3n) is 4.61. The van der Waals surface area contributed by atoms with Crippen LogP contribution in [0, 0.1) is 0 Å². The van der Waals surface area contributed by atoms with Gasteiger partial charge in [0.25, 0.3) is 0 Å². The van der Waals surface area contributed by atoms with Crippen molar-refractivity contribution in [3.63, 3.8) is 0 Å². The van der Waals surface area contributed by atoms with E-state index in [0.717, 1.165) is 32.1 Å². The average Bonchev–Trinajstić information content (AvgIpc) is 3.12. The van der Waals surface area contributed by atoms with Gasteiger partial charge in [-0.3, -0.25) is 0 Å². The Morgan fingerprint density at radius 1 is 0.885 bits per heavy atom. The van der Waals surface area contributed by atoms with Gasteiger partial charge in [-0.15, -0.1) is 0 Å². The summed E-state index contributed by atoms with van der Waals surface area (Å²) in [5.41, 5.74) is 0. The minimum Gasteiger partial charge on any atom is -0.381 e. The summed E-state index contributed by atoms with van der Waals surface area (Å²) >= 11 is 0. The van der Waals surface area contributed by atoms with Crippen LogP contribution in [0.15, 0.2) is 0 Å². The lowest BCUT2D eigenvalue weighted by Crippen LogP contribution is -2.11. The van der Waals surface area contributed by atoms with Crippen molar-refractivity contribution < 1.29 is 18.7 Å². The zero-order valence-electron chi connectivity index (χ0n) is 17.8. The first-order chi connectivity index (χ1) is 12.6. The Morgan fingerprint density at radius 3 is 1.96 bits per heavy atom. The second kappa shape index (κ2) is 20.0. The van der Waals surface area contributed by atoms with Crippen molar-refractivity contribution in [2.24, 2.45) is 0 Å². The molecule has 1 N–H and O–H groups in total. The maximum atomic E-state index is 9.49. The van der Waals surface area contributed by atoms with Crippen molar-refractivity contribution in [1.82, 2.24) is 4.90 Å². The molecule has 2 unspecified atom stereocenters. The number of likely N-dealkylation sites (tertiary alicyclic amines) is 1. The van der Waals surface area contributed by atoms with Crippen molar-refractivity contribution in [3.8, 4) is 0 Å². The Hall–Kier alpha value is 0.230. The summed E-state index contributed by atoms with van der Waals surface area (Å²) in [6.07, 6.45) is 13.3. The van der Waals surface area contributed by atoms with Gasteiger partial charge in [0.2, 0.25) is 0 Å². The molecule has 0 amide bonds. The van der Waals surface area contributed by atoms with E-state index in [2.05, 4.69) is 25.8 Å². The molecule has 5 nitrogen and oxygen atoms in total. The lowest BCUT2D eigenvalue weighted by Gasteiger charge is -2.15. The molecule has 0 spiro atoms. The third kappa shape index (κ3) is 17.6. The molecule has 2 atom stereocenters. The zero-order chi connectivity index (χ0) is 19.5. The predicted molar refractivity (Wildman–Crippen MR) is 111 cm³/mol. The molecular formula is C20H44NO4P. The minimum atomic E-state index is -1.68. The van der Waals surface area contributed by atoms with Crippen molar-refractivity contribution in [2.75, 3.05) is 40.5 Å². The summed E-state index contributed by atoms with van der Waals surface area (Å²) in [5.74, 6) is 0. The molecule has 26 heavy (non-hydrogen) atoms. The molecule has 158 valence electrons. The van der Waals surface area contributed by atoms with E-state index in [4.69, 9.17) is 13.8 Å². The molecule has 6 heteroatoms. The molecule has 0 radical (unpaired) electrons. The Kier molecular flexibility index (Phi) is 20.2. The Labute approximate surface area is 163 Å². The molecule has 1 saturated heterocycles. The SMILES string of the molecule is CCCCCCC(CCCOP(O)OCCCC)OC.CN1CCCC1. The van der Waals surface area contributed by atoms with Gasteiger partial charge in [0.1, 0.15) is 0 Å². The molecular weight excluding hydrogens is 349 g/mol. The van der Waals surface area contributed by atoms with Crippen LogP contribution in [0.2, 0.25) is 0 Å². The summed E-state index contributed by atoms with van der Waals surface area (Å²) in [6.45, 7) is 8.08. The van der Waals surface area contributed by atoms with E-state index in [0.29, 0.717) is 19.3 Å². The number of methoxy groups -OCH3 is 1. The summed E-state index contributed by atoms with van der Waals surface area (Å²) in [4.78, 5) is 11.8. The maximum absolute atomic E-state index is 9.49. The van der Waals surface area contributed by atoms with Gasteiger partial charge in [-0.25, -0.2) is 0 Å².